The van der Waals surface area contributed by atoms with E-state index in [1.54, 1.807) is 6.07 Å². The molecule has 2 fully saturated rings. The fraction of sp³-hybridized carbons (Fsp3) is 0.520. The van der Waals surface area contributed by atoms with Crippen molar-refractivity contribution in [3.8, 4) is 0 Å². The van der Waals surface area contributed by atoms with Gasteiger partial charge in [0.15, 0.2) is 5.60 Å². The van der Waals surface area contributed by atoms with E-state index in [-0.39, 0.29) is 35.7 Å². The molecule has 34 heavy (non-hydrogen) atoms. The van der Waals surface area contributed by atoms with E-state index in [1.807, 2.05) is 4.90 Å². The minimum atomic E-state index is -4.83. The molecule has 184 valence electrons. The third-order valence-electron chi connectivity index (χ3n) is 7.30. The van der Waals surface area contributed by atoms with Crippen molar-refractivity contribution in [2.24, 2.45) is 0 Å². The Hall–Kier alpha value is -2.52. The lowest BCUT2D eigenvalue weighted by Crippen LogP contribution is -2.47. The molecule has 1 amide bonds. The molecule has 2 aromatic rings. The molecule has 2 saturated carbocycles. The van der Waals surface area contributed by atoms with Crippen LogP contribution in [0.25, 0.3) is 0 Å². The van der Waals surface area contributed by atoms with Crippen LogP contribution in [0, 0.1) is 5.82 Å². The first-order valence-electron chi connectivity index (χ1n) is 11.4. The number of hydrogen-bond donors (Lipinski definition) is 2. The number of pyridine rings is 1. The Morgan fingerprint density at radius 3 is 2.12 bits per heavy atom. The fourth-order valence-electron chi connectivity index (χ4n) is 4.85. The second-order valence-electron chi connectivity index (χ2n) is 9.62. The smallest absolute Gasteiger partial charge is 0.395 e. The lowest BCUT2D eigenvalue weighted by Gasteiger charge is -2.42. The van der Waals surface area contributed by atoms with Gasteiger partial charge in [-0.05, 0) is 75.3 Å². The van der Waals surface area contributed by atoms with Gasteiger partial charge in [-0.2, -0.15) is 13.2 Å². The van der Waals surface area contributed by atoms with E-state index >= 15 is 0 Å². The lowest BCUT2D eigenvalue weighted by atomic mass is 9.70. The number of carbonyl (C=O) groups excluding carboxylic acids is 1. The van der Waals surface area contributed by atoms with Gasteiger partial charge in [-0.3, -0.25) is 9.78 Å². The van der Waals surface area contributed by atoms with Crippen LogP contribution in [0.4, 0.5) is 17.6 Å². The zero-order valence-electron chi connectivity index (χ0n) is 18.9. The summed E-state index contributed by atoms with van der Waals surface area (Å²) in [6, 6.07) is 7.87. The highest BCUT2D eigenvalue weighted by atomic mass is 19.4. The molecule has 2 aliphatic carbocycles. The molecule has 5 nitrogen and oxygen atoms in total. The number of amides is 1. The van der Waals surface area contributed by atoms with E-state index in [9.17, 15) is 32.6 Å². The van der Waals surface area contributed by atoms with Gasteiger partial charge in [0.1, 0.15) is 5.82 Å². The summed E-state index contributed by atoms with van der Waals surface area (Å²) in [6.07, 6.45) is 0.457. The summed E-state index contributed by atoms with van der Waals surface area (Å²) in [5.74, 6) is -0.694. The standard InChI is InChI=1S/C25H28F4N2O3/c1-23(34,25(27,28)29)17-4-2-16(3-5-17)22(33)31(19-7-8-19)20-10-12-24(15-32,13-11-20)21-9-6-18(26)14-30-21/h2-6,9,14,19-20,32,34H,7-8,10-13,15H2,1H3/t20?,23-,24?/m0/s1. The number of aromatic nitrogens is 1. The van der Waals surface area contributed by atoms with Crippen LogP contribution in [0.1, 0.15) is 67.1 Å². The number of halogens is 4. The Labute approximate surface area is 195 Å². The Morgan fingerprint density at radius 2 is 1.65 bits per heavy atom. The van der Waals surface area contributed by atoms with Gasteiger partial charge >= 0.3 is 6.18 Å². The first-order chi connectivity index (χ1) is 16.0. The maximum Gasteiger partial charge on any atom is 0.421 e. The molecule has 0 aliphatic heterocycles. The monoisotopic (exact) mass is 480 g/mol. The topological polar surface area (TPSA) is 73.7 Å². The van der Waals surface area contributed by atoms with Crippen molar-refractivity contribution in [1.82, 2.24) is 9.88 Å². The third-order valence-corrected chi connectivity index (χ3v) is 7.30. The Bertz CT molecular complexity index is 1010. The van der Waals surface area contributed by atoms with Crippen molar-refractivity contribution in [3.63, 3.8) is 0 Å². The molecule has 0 radical (unpaired) electrons. The van der Waals surface area contributed by atoms with Crippen molar-refractivity contribution in [3.05, 3.63) is 65.2 Å². The summed E-state index contributed by atoms with van der Waals surface area (Å²) in [5, 5.41) is 20.0. The molecule has 1 atom stereocenters. The molecule has 2 N–H and O–H groups in total. The summed E-state index contributed by atoms with van der Waals surface area (Å²) < 4.78 is 52.7. The van der Waals surface area contributed by atoms with Gasteiger partial charge < -0.3 is 15.1 Å². The predicted molar refractivity (Wildman–Crippen MR) is 116 cm³/mol. The van der Waals surface area contributed by atoms with Crippen LogP contribution in [0.2, 0.25) is 0 Å². The summed E-state index contributed by atoms with van der Waals surface area (Å²) in [4.78, 5) is 19.4. The van der Waals surface area contributed by atoms with Crippen LogP contribution < -0.4 is 0 Å². The van der Waals surface area contributed by atoms with Gasteiger partial charge in [-0.15, -0.1) is 0 Å². The van der Waals surface area contributed by atoms with Crippen LogP contribution in [0.15, 0.2) is 42.6 Å². The van der Waals surface area contributed by atoms with Crippen molar-refractivity contribution >= 4 is 5.91 Å². The normalized spacial score (nSPS) is 25.0. The van der Waals surface area contributed by atoms with E-state index in [4.69, 9.17) is 0 Å². The van der Waals surface area contributed by atoms with Crippen molar-refractivity contribution in [2.45, 2.75) is 74.7 Å². The number of carbonyl (C=O) groups is 1. The molecule has 9 heteroatoms. The van der Waals surface area contributed by atoms with Crippen LogP contribution in [0.5, 0.6) is 0 Å². The molecule has 0 spiro atoms. The summed E-state index contributed by atoms with van der Waals surface area (Å²) in [7, 11) is 0. The highest BCUT2D eigenvalue weighted by molar-refractivity contribution is 5.95. The molecule has 4 rings (SSSR count). The van der Waals surface area contributed by atoms with Gasteiger partial charge in [-0.25, -0.2) is 4.39 Å². The molecule has 1 aromatic carbocycles. The Kier molecular flexibility index (Phi) is 6.46. The van der Waals surface area contributed by atoms with Crippen molar-refractivity contribution < 1.29 is 32.6 Å². The molecule has 2 aliphatic rings. The van der Waals surface area contributed by atoms with Gasteiger partial charge in [0.25, 0.3) is 5.91 Å². The van der Waals surface area contributed by atoms with E-state index in [0.29, 0.717) is 38.3 Å². The van der Waals surface area contributed by atoms with E-state index < -0.39 is 23.0 Å². The van der Waals surface area contributed by atoms with Gasteiger partial charge in [0, 0.05) is 28.8 Å². The summed E-state index contributed by atoms with van der Waals surface area (Å²) in [5.41, 5.74) is -3.02. The van der Waals surface area contributed by atoms with Crippen LogP contribution in [0.3, 0.4) is 0 Å². The molecule has 1 aromatic heterocycles. The highest BCUT2D eigenvalue weighted by Crippen LogP contribution is 2.43. The van der Waals surface area contributed by atoms with Gasteiger partial charge in [0.2, 0.25) is 0 Å². The van der Waals surface area contributed by atoms with Crippen molar-refractivity contribution in [2.75, 3.05) is 6.61 Å². The largest absolute Gasteiger partial charge is 0.421 e. The number of alkyl halides is 3. The van der Waals surface area contributed by atoms with E-state index in [1.165, 1.54) is 18.2 Å². The Morgan fingerprint density at radius 1 is 1.06 bits per heavy atom. The average Bonchev–Trinajstić information content (AvgIpc) is 3.65. The SMILES string of the molecule is C[C@](O)(c1ccc(C(=O)N(C2CC2)C2CCC(CO)(c3ccc(F)cn3)CC2)cc1)C(F)(F)F. The molecular formula is C25H28F4N2O3. The zero-order chi connectivity index (χ0) is 24.7. The van der Waals surface area contributed by atoms with Crippen LogP contribution >= 0.6 is 0 Å². The third kappa shape index (κ3) is 4.55. The minimum absolute atomic E-state index is 0.0712. The first-order valence-corrected chi connectivity index (χ1v) is 11.4. The minimum Gasteiger partial charge on any atom is -0.395 e. The maximum absolute atomic E-state index is 13.4. The number of rotatable bonds is 6. The van der Waals surface area contributed by atoms with Gasteiger partial charge in [-0.1, -0.05) is 12.1 Å². The Balaban J connectivity index is 1.50. The van der Waals surface area contributed by atoms with Crippen molar-refractivity contribution in [1.29, 1.82) is 0 Å². The lowest BCUT2D eigenvalue weighted by molar-refractivity contribution is -0.258. The first kappa shape index (κ1) is 24.6. The predicted octanol–water partition coefficient (Wildman–Crippen LogP) is 4.47. The zero-order valence-corrected chi connectivity index (χ0v) is 18.9. The van der Waals surface area contributed by atoms with E-state index in [2.05, 4.69) is 4.98 Å². The maximum atomic E-state index is 13.4. The fourth-order valence-corrected chi connectivity index (χ4v) is 4.85. The number of aliphatic hydroxyl groups is 2. The second kappa shape index (κ2) is 8.92. The molecule has 0 bridgehead atoms. The second-order valence-corrected chi connectivity index (χ2v) is 9.62. The highest BCUT2D eigenvalue weighted by Gasteiger charge is 2.51. The quantitative estimate of drug-likeness (QED) is 0.599. The molecular weight excluding hydrogens is 452 g/mol. The average molecular weight is 481 g/mol. The van der Waals surface area contributed by atoms with E-state index in [0.717, 1.165) is 31.2 Å². The summed E-state index contributed by atoms with van der Waals surface area (Å²) >= 11 is 0. The summed E-state index contributed by atoms with van der Waals surface area (Å²) in [6.45, 7) is 0.558. The van der Waals surface area contributed by atoms with Gasteiger partial charge in [0.05, 0.1) is 12.8 Å². The van der Waals surface area contributed by atoms with Crippen LogP contribution in [-0.2, 0) is 11.0 Å². The molecule has 1 heterocycles. The number of hydrogen-bond acceptors (Lipinski definition) is 4. The van der Waals surface area contributed by atoms with Crippen LogP contribution in [-0.4, -0.2) is 50.9 Å². The molecule has 0 saturated heterocycles. The molecule has 0 unspecified atom stereocenters. The number of benzene rings is 1. The number of aliphatic hydroxyl groups excluding tert-OH is 1. The number of nitrogens with zero attached hydrogens (tertiary/aromatic N) is 2.